The van der Waals surface area contributed by atoms with Gasteiger partial charge < -0.3 is 20.9 Å². The van der Waals surface area contributed by atoms with Gasteiger partial charge in [-0.1, -0.05) is 12.0 Å². The SMILES string of the molecule is C#Cc1cccc(NC(=O)CN=C(NCC)N2CCC(CC(=O)NC)CC2)c1. The maximum Gasteiger partial charge on any atom is 0.246 e. The number of terminal acetylenes is 1. The van der Waals surface area contributed by atoms with Crippen LogP contribution < -0.4 is 16.0 Å². The molecule has 1 fully saturated rings. The third-order valence-corrected chi connectivity index (χ3v) is 4.69. The Balaban J connectivity index is 1.90. The molecule has 0 saturated carbocycles. The van der Waals surface area contributed by atoms with Crippen molar-refractivity contribution in [2.75, 3.05) is 38.5 Å². The van der Waals surface area contributed by atoms with E-state index in [1.807, 2.05) is 13.0 Å². The van der Waals surface area contributed by atoms with Gasteiger partial charge in [0, 0.05) is 44.4 Å². The van der Waals surface area contributed by atoms with Crippen LogP contribution in [0.15, 0.2) is 29.3 Å². The molecule has 0 atom stereocenters. The van der Waals surface area contributed by atoms with Gasteiger partial charge in [-0.25, -0.2) is 4.99 Å². The number of hydrogen-bond acceptors (Lipinski definition) is 3. The lowest BCUT2D eigenvalue weighted by atomic mass is 9.93. The second-order valence-corrected chi connectivity index (χ2v) is 6.75. The number of nitrogens with zero attached hydrogens (tertiary/aromatic N) is 2. The molecule has 1 saturated heterocycles. The van der Waals surface area contributed by atoms with E-state index in [1.54, 1.807) is 25.2 Å². The molecule has 3 N–H and O–H groups in total. The molecule has 7 nitrogen and oxygen atoms in total. The highest BCUT2D eigenvalue weighted by Gasteiger charge is 2.23. The van der Waals surface area contributed by atoms with Crippen LogP contribution in [0.3, 0.4) is 0 Å². The molecule has 2 amide bonds. The Morgan fingerprint density at radius 3 is 2.68 bits per heavy atom. The molecule has 0 bridgehead atoms. The highest BCUT2D eigenvalue weighted by Crippen LogP contribution is 2.20. The lowest BCUT2D eigenvalue weighted by Crippen LogP contribution is -2.46. The summed E-state index contributed by atoms with van der Waals surface area (Å²) in [5.41, 5.74) is 1.38. The molecule has 0 spiro atoms. The van der Waals surface area contributed by atoms with Crippen LogP contribution in [0.5, 0.6) is 0 Å². The summed E-state index contributed by atoms with van der Waals surface area (Å²) in [5, 5.41) is 8.75. The van der Waals surface area contributed by atoms with Crippen molar-refractivity contribution in [2.45, 2.75) is 26.2 Å². The van der Waals surface area contributed by atoms with Crippen molar-refractivity contribution in [3.8, 4) is 12.3 Å². The minimum Gasteiger partial charge on any atom is -0.359 e. The van der Waals surface area contributed by atoms with Gasteiger partial charge in [0.2, 0.25) is 11.8 Å². The van der Waals surface area contributed by atoms with Crippen molar-refractivity contribution < 1.29 is 9.59 Å². The highest BCUT2D eigenvalue weighted by atomic mass is 16.2. The predicted molar refractivity (Wildman–Crippen MR) is 112 cm³/mol. The van der Waals surface area contributed by atoms with Crippen LogP contribution in [0.1, 0.15) is 31.7 Å². The van der Waals surface area contributed by atoms with E-state index >= 15 is 0 Å². The second kappa shape index (κ2) is 11.0. The smallest absolute Gasteiger partial charge is 0.246 e. The number of aliphatic imine (C=N–C) groups is 1. The summed E-state index contributed by atoms with van der Waals surface area (Å²) in [6.07, 6.45) is 7.82. The zero-order valence-electron chi connectivity index (χ0n) is 16.6. The molecule has 0 aromatic heterocycles. The van der Waals surface area contributed by atoms with Crippen LogP contribution in [0.4, 0.5) is 5.69 Å². The number of guanidine groups is 1. The van der Waals surface area contributed by atoms with E-state index < -0.39 is 0 Å². The maximum absolute atomic E-state index is 12.2. The summed E-state index contributed by atoms with van der Waals surface area (Å²) < 4.78 is 0. The molecule has 2 rings (SSSR count). The van der Waals surface area contributed by atoms with Gasteiger partial charge in [-0.15, -0.1) is 6.42 Å². The van der Waals surface area contributed by atoms with Gasteiger partial charge in [0.25, 0.3) is 0 Å². The Kier molecular flexibility index (Phi) is 8.35. The number of piperidine rings is 1. The summed E-state index contributed by atoms with van der Waals surface area (Å²) in [7, 11) is 1.67. The number of nitrogens with one attached hydrogen (secondary N) is 3. The first-order chi connectivity index (χ1) is 13.5. The first-order valence-corrected chi connectivity index (χ1v) is 9.66. The van der Waals surface area contributed by atoms with Crippen LogP contribution in [-0.4, -0.2) is 55.9 Å². The Morgan fingerprint density at radius 1 is 1.29 bits per heavy atom. The first-order valence-electron chi connectivity index (χ1n) is 9.66. The second-order valence-electron chi connectivity index (χ2n) is 6.75. The molecule has 150 valence electrons. The van der Waals surface area contributed by atoms with Crippen LogP contribution >= 0.6 is 0 Å². The van der Waals surface area contributed by atoms with Crippen LogP contribution in [0.25, 0.3) is 0 Å². The number of amides is 2. The number of carbonyl (C=O) groups excluding carboxylic acids is 2. The summed E-state index contributed by atoms with van der Waals surface area (Å²) in [6, 6.07) is 7.17. The molecule has 28 heavy (non-hydrogen) atoms. The van der Waals surface area contributed by atoms with Gasteiger partial charge in [-0.2, -0.15) is 0 Å². The van der Waals surface area contributed by atoms with Crippen molar-refractivity contribution in [3.63, 3.8) is 0 Å². The molecular formula is C21H29N5O2. The predicted octanol–water partition coefficient (Wildman–Crippen LogP) is 1.42. The Hall–Kier alpha value is -3.01. The monoisotopic (exact) mass is 383 g/mol. The fourth-order valence-electron chi connectivity index (χ4n) is 3.17. The average Bonchev–Trinajstić information content (AvgIpc) is 2.71. The Labute approximate surface area is 167 Å². The van der Waals surface area contributed by atoms with Crippen molar-refractivity contribution in [3.05, 3.63) is 29.8 Å². The Bertz CT molecular complexity index is 745. The molecule has 1 aromatic carbocycles. The fourth-order valence-corrected chi connectivity index (χ4v) is 3.17. The molecule has 1 aliphatic rings. The normalized spacial score (nSPS) is 14.9. The van der Waals surface area contributed by atoms with Crippen molar-refractivity contribution in [1.82, 2.24) is 15.5 Å². The molecular weight excluding hydrogens is 354 g/mol. The molecule has 0 unspecified atom stereocenters. The molecule has 1 aromatic rings. The topological polar surface area (TPSA) is 85.8 Å². The number of hydrogen-bond donors (Lipinski definition) is 3. The van der Waals surface area contributed by atoms with E-state index in [9.17, 15) is 9.59 Å². The standard InChI is InChI=1S/C21H29N5O2/c1-4-16-7-6-8-18(13-16)25-20(28)15-24-21(23-5-2)26-11-9-17(10-12-26)14-19(27)22-3/h1,6-8,13,17H,5,9-12,14-15H2,2-3H3,(H,22,27)(H,23,24)(H,25,28). The lowest BCUT2D eigenvalue weighted by molar-refractivity contribution is -0.121. The van der Waals surface area contributed by atoms with Gasteiger partial charge in [0.1, 0.15) is 6.54 Å². The summed E-state index contributed by atoms with van der Waals surface area (Å²) in [5.74, 6) is 3.57. The van der Waals surface area contributed by atoms with Crippen molar-refractivity contribution >= 4 is 23.5 Å². The first kappa shape index (κ1) is 21.3. The number of anilines is 1. The van der Waals surface area contributed by atoms with Crippen LogP contribution in [0, 0.1) is 18.3 Å². The zero-order chi connectivity index (χ0) is 20.4. The van der Waals surface area contributed by atoms with Gasteiger partial charge in [-0.05, 0) is 43.9 Å². The lowest BCUT2D eigenvalue weighted by Gasteiger charge is -2.34. The quantitative estimate of drug-likeness (QED) is 0.394. The van der Waals surface area contributed by atoms with Gasteiger partial charge in [-0.3, -0.25) is 9.59 Å². The fraction of sp³-hybridized carbons (Fsp3) is 0.476. The van der Waals surface area contributed by atoms with Crippen LogP contribution in [-0.2, 0) is 9.59 Å². The number of likely N-dealkylation sites (tertiary alicyclic amines) is 1. The van der Waals surface area contributed by atoms with E-state index in [0.29, 0.717) is 23.6 Å². The van der Waals surface area contributed by atoms with E-state index in [0.717, 1.165) is 38.4 Å². The van der Waals surface area contributed by atoms with Crippen LogP contribution in [0.2, 0.25) is 0 Å². The van der Waals surface area contributed by atoms with E-state index in [-0.39, 0.29) is 18.4 Å². The number of benzene rings is 1. The van der Waals surface area contributed by atoms with Crippen molar-refractivity contribution in [2.24, 2.45) is 10.9 Å². The maximum atomic E-state index is 12.2. The number of rotatable bonds is 6. The van der Waals surface area contributed by atoms with Gasteiger partial charge in [0.15, 0.2) is 5.96 Å². The third kappa shape index (κ3) is 6.62. The van der Waals surface area contributed by atoms with Gasteiger partial charge in [0.05, 0.1) is 0 Å². The van der Waals surface area contributed by atoms with E-state index in [2.05, 4.69) is 31.8 Å². The molecule has 7 heteroatoms. The van der Waals surface area contributed by atoms with E-state index in [4.69, 9.17) is 6.42 Å². The summed E-state index contributed by atoms with van der Waals surface area (Å²) in [4.78, 5) is 30.4. The zero-order valence-corrected chi connectivity index (χ0v) is 16.6. The molecule has 0 radical (unpaired) electrons. The molecule has 1 heterocycles. The summed E-state index contributed by atoms with van der Waals surface area (Å²) >= 11 is 0. The van der Waals surface area contributed by atoms with Gasteiger partial charge >= 0.3 is 0 Å². The average molecular weight is 383 g/mol. The minimum absolute atomic E-state index is 0.0286. The van der Waals surface area contributed by atoms with E-state index in [1.165, 1.54) is 0 Å². The highest BCUT2D eigenvalue weighted by molar-refractivity contribution is 5.94. The Morgan fingerprint density at radius 2 is 2.04 bits per heavy atom. The third-order valence-electron chi connectivity index (χ3n) is 4.69. The number of carbonyl (C=O) groups is 2. The largest absolute Gasteiger partial charge is 0.359 e. The minimum atomic E-state index is -0.195. The molecule has 0 aliphatic carbocycles. The summed E-state index contributed by atoms with van der Waals surface area (Å²) in [6.45, 7) is 4.39. The molecule has 1 aliphatic heterocycles. The van der Waals surface area contributed by atoms with Crippen molar-refractivity contribution in [1.29, 1.82) is 0 Å².